The van der Waals surface area contributed by atoms with E-state index in [4.69, 9.17) is 50.1 Å². The van der Waals surface area contributed by atoms with Crippen molar-refractivity contribution in [2.24, 2.45) is 0 Å². The molecule has 1 unspecified atom stereocenters. The van der Waals surface area contributed by atoms with Gasteiger partial charge in [0.1, 0.15) is 0 Å². The summed E-state index contributed by atoms with van der Waals surface area (Å²) >= 11 is 8.30. The van der Waals surface area contributed by atoms with Gasteiger partial charge in [-0.2, -0.15) is 0 Å². The van der Waals surface area contributed by atoms with Crippen molar-refractivity contribution in [1.82, 2.24) is 0 Å². The van der Waals surface area contributed by atoms with Crippen LogP contribution in [0.2, 0.25) is 0 Å². The Morgan fingerprint density at radius 3 is 2.07 bits per heavy atom. The molecule has 0 heterocycles. The van der Waals surface area contributed by atoms with Crippen LogP contribution >= 0.6 is 50.1 Å². The molecule has 0 bridgehead atoms. The zero-order valence-corrected chi connectivity index (χ0v) is 13.4. The molecule has 0 fully saturated rings. The van der Waals surface area contributed by atoms with Crippen molar-refractivity contribution in [2.45, 2.75) is 5.38 Å². The van der Waals surface area contributed by atoms with E-state index in [1.165, 1.54) is 5.54 Å². The van der Waals surface area contributed by atoms with Gasteiger partial charge in [-0.1, -0.05) is 0 Å². The van der Waals surface area contributed by atoms with E-state index in [0.29, 0.717) is 3.62 Å². The van der Waals surface area contributed by atoms with E-state index in [9.17, 15) is 0 Å². The summed E-state index contributed by atoms with van der Waals surface area (Å²) in [6.45, 7) is 0. The van der Waals surface area contributed by atoms with Gasteiger partial charge in [-0.15, -0.1) is 0 Å². The maximum absolute atomic E-state index is 6.20. The fraction of sp³-hybridized carbons (Fsp3) is 0.111. The first-order valence-electron chi connectivity index (χ1n) is 3.88. The summed E-state index contributed by atoms with van der Waals surface area (Å²) in [6.07, 6.45) is 0. The molecule has 0 amide bonds. The fourth-order valence-corrected chi connectivity index (χ4v) is 9.07. The topological polar surface area (TPSA) is 0 Å². The van der Waals surface area contributed by atoms with Gasteiger partial charge in [0, 0.05) is 0 Å². The third kappa shape index (κ3) is 4.17. The van der Waals surface area contributed by atoms with Crippen molar-refractivity contribution in [2.75, 3.05) is 0 Å². The summed E-state index contributed by atoms with van der Waals surface area (Å²) in [5.74, 6) is 0. The van der Waals surface area contributed by atoms with Gasteiger partial charge in [0.15, 0.2) is 0 Å². The number of halogens is 5. The Kier molecular flexibility index (Phi) is 5.91. The zero-order chi connectivity index (χ0) is 11.5. The van der Waals surface area contributed by atoms with Crippen LogP contribution in [0.1, 0.15) is 10.9 Å². The van der Waals surface area contributed by atoms with Crippen LogP contribution in [0, 0.1) is 0 Å². The molecule has 0 aliphatic heterocycles. The van der Waals surface area contributed by atoms with Crippen LogP contribution in [-0.4, -0.2) is 14.8 Å². The Balaban J connectivity index is 2.99. The molecule has 0 aromatic heterocycles. The summed E-state index contributed by atoms with van der Waals surface area (Å²) in [4.78, 5) is 0. The van der Waals surface area contributed by atoms with Crippen LogP contribution in [0.5, 0.6) is 0 Å². The van der Waals surface area contributed by atoms with E-state index >= 15 is 0 Å². The number of rotatable bonds is 3. The first kappa shape index (κ1) is 14.3. The van der Waals surface area contributed by atoms with Gasteiger partial charge >= 0.3 is 115 Å². The molecule has 0 saturated heterocycles. The molecule has 1 aromatic rings. The van der Waals surface area contributed by atoms with Gasteiger partial charge in [0.2, 0.25) is 0 Å². The second kappa shape index (κ2) is 6.22. The molecule has 1 atom stereocenters. The first-order valence-corrected chi connectivity index (χ1v) is 14.8. The monoisotopic (exact) mass is 420 g/mol. The molecule has 0 saturated carbocycles. The van der Waals surface area contributed by atoms with Crippen molar-refractivity contribution >= 4 is 64.9 Å². The summed E-state index contributed by atoms with van der Waals surface area (Å²) in [6, 6.07) is 9.40. The zero-order valence-electron chi connectivity index (χ0n) is 7.34. The van der Waals surface area contributed by atoms with Gasteiger partial charge in [-0.3, -0.25) is 0 Å². The van der Waals surface area contributed by atoms with Crippen molar-refractivity contribution in [3.05, 3.63) is 45.1 Å². The molecule has 1 rings (SSSR count). The number of alkyl halides is 1. The van der Waals surface area contributed by atoms with Gasteiger partial charge < -0.3 is 0 Å². The minimum absolute atomic E-state index is 0.461. The van der Waals surface area contributed by atoms with E-state index in [1.54, 1.807) is 0 Å². The van der Waals surface area contributed by atoms with Gasteiger partial charge in [0.25, 0.3) is 0 Å². The van der Waals surface area contributed by atoms with E-state index in [0.717, 1.165) is 5.56 Å². The van der Waals surface area contributed by atoms with Crippen molar-refractivity contribution < 1.29 is 0 Å². The predicted molar refractivity (Wildman–Crippen MR) is 72.3 cm³/mol. The third-order valence-electron chi connectivity index (χ3n) is 1.72. The molecular formula is C9H7Cl5Te. The van der Waals surface area contributed by atoms with Crippen molar-refractivity contribution in [1.29, 1.82) is 0 Å². The molecule has 15 heavy (non-hydrogen) atoms. The SMILES string of the molecule is Cl/C=C(\C(Cl)c1ccccc1)[Te](Cl)(Cl)Cl. The van der Waals surface area contributed by atoms with Gasteiger partial charge in [-0.25, -0.2) is 0 Å². The normalized spacial score (nSPS) is 16.2. The number of benzene rings is 1. The predicted octanol–water partition coefficient (Wildman–Crippen LogP) is 5.28. The average Bonchev–Trinajstić information content (AvgIpc) is 2.18. The molecular weight excluding hydrogens is 413 g/mol. The Morgan fingerprint density at radius 2 is 1.67 bits per heavy atom. The molecule has 0 radical (unpaired) electrons. The molecule has 0 N–H and O–H groups in total. The molecule has 0 nitrogen and oxygen atoms in total. The Hall–Kier alpha value is 1.20. The number of allylic oxidation sites excluding steroid dienone is 1. The summed E-state index contributed by atoms with van der Waals surface area (Å²) in [5.41, 5.74) is 2.17. The standard InChI is InChI=1S/C9H7Cl5Te/c10-6-8(15(12,13)14)9(11)7-4-2-1-3-5-7/h1-6,9H/b8-6+. The number of hydrogen-bond donors (Lipinski definition) is 0. The van der Waals surface area contributed by atoms with Gasteiger partial charge in [0.05, 0.1) is 0 Å². The molecule has 0 aliphatic rings. The Labute approximate surface area is 114 Å². The van der Waals surface area contributed by atoms with Crippen LogP contribution in [0.3, 0.4) is 0 Å². The molecule has 0 spiro atoms. The van der Waals surface area contributed by atoms with Crippen molar-refractivity contribution in [3.63, 3.8) is 0 Å². The Morgan fingerprint density at radius 1 is 1.13 bits per heavy atom. The molecule has 84 valence electrons. The van der Waals surface area contributed by atoms with E-state index in [2.05, 4.69) is 0 Å². The third-order valence-corrected chi connectivity index (χ3v) is 9.37. The maximum atomic E-state index is 6.20. The van der Waals surface area contributed by atoms with Crippen LogP contribution in [-0.2, 0) is 0 Å². The van der Waals surface area contributed by atoms with E-state index in [-0.39, 0.29) is 0 Å². The first-order chi connectivity index (χ1) is 6.96. The Bertz CT molecular complexity index is 343. The van der Waals surface area contributed by atoms with Gasteiger partial charge in [-0.05, 0) is 0 Å². The van der Waals surface area contributed by atoms with Crippen LogP contribution < -0.4 is 0 Å². The van der Waals surface area contributed by atoms with E-state index in [1.807, 2.05) is 30.3 Å². The fourth-order valence-electron chi connectivity index (χ4n) is 1.01. The summed E-state index contributed by atoms with van der Waals surface area (Å²) < 4.78 is 0.525. The summed E-state index contributed by atoms with van der Waals surface area (Å²) in [7, 11) is 17.8. The number of hydrogen-bond acceptors (Lipinski definition) is 0. The van der Waals surface area contributed by atoms with E-state index < -0.39 is 20.2 Å². The second-order valence-corrected chi connectivity index (χ2v) is 19.5. The molecule has 0 aliphatic carbocycles. The molecule has 6 heteroatoms. The molecule has 1 aromatic carbocycles. The van der Waals surface area contributed by atoms with Crippen LogP contribution in [0.25, 0.3) is 0 Å². The van der Waals surface area contributed by atoms with Crippen molar-refractivity contribution in [3.8, 4) is 0 Å². The van der Waals surface area contributed by atoms with Crippen LogP contribution in [0.15, 0.2) is 39.5 Å². The quantitative estimate of drug-likeness (QED) is 0.461. The summed E-state index contributed by atoms with van der Waals surface area (Å²) in [5, 5.41) is -0.461. The average molecular weight is 420 g/mol. The minimum atomic E-state index is -3.54. The van der Waals surface area contributed by atoms with Crippen LogP contribution in [0.4, 0.5) is 0 Å². The second-order valence-electron chi connectivity index (χ2n) is 2.69.